The van der Waals surface area contributed by atoms with Crippen molar-refractivity contribution >= 4 is 0 Å². The molecule has 2 aliphatic carbocycles. The lowest BCUT2D eigenvalue weighted by Gasteiger charge is -2.14. The summed E-state index contributed by atoms with van der Waals surface area (Å²) in [5, 5.41) is 3.52. The molecule has 0 aliphatic heterocycles. The molecule has 0 aromatic carbocycles. The van der Waals surface area contributed by atoms with Crippen LogP contribution in [-0.4, -0.2) is 15.6 Å². The van der Waals surface area contributed by atoms with E-state index >= 15 is 0 Å². The molecule has 106 valence electrons. The maximum absolute atomic E-state index is 5.64. The van der Waals surface area contributed by atoms with Gasteiger partial charge < -0.3 is 14.3 Å². The van der Waals surface area contributed by atoms with Gasteiger partial charge in [0.25, 0.3) is 0 Å². The number of nitrogens with one attached hydrogen (secondary N) is 1. The van der Waals surface area contributed by atoms with Crippen LogP contribution in [0.4, 0.5) is 0 Å². The Hall–Kier alpha value is -1.55. The van der Waals surface area contributed by atoms with Crippen molar-refractivity contribution in [2.24, 2.45) is 0 Å². The number of aryl methyl sites for hydroxylation is 1. The van der Waals surface area contributed by atoms with Gasteiger partial charge in [0.05, 0.1) is 31.4 Å². The number of fused-ring (bicyclic) bond motifs is 1. The average molecular weight is 271 g/mol. The standard InChI is InChI=1S/C16H21N3O/c1-2-4-15-14(3-1)18-11-19(15)10-12-7-8-20-16(12)9-17-13-5-6-13/h7-8,11,13,17H,1-6,9-10H2. The van der Waals surface area contributed by atoms with Crippen LogP contribution in [0, 0.1) is 0 Å². The molecule has 2 aromatic rings. The molecule has 20 heavy (non-hydrogen) atoms. The van der Waals surface area contributed by atoms with E-state index < -0.39 is 0 Å². The van der Waals surface area contributed by atoms with Crippen molar-refractivity contribution in [2.45, 2.75) is 57.7 Å². The molecule has 1 N–H and O–H groups in total. The molecular formula is C16H21N3O. The zero-order chi connectivity index (χ0) is 13.4. The quantitative estimate of drug-likeness (QED) is 0.909. The van der Waals surface area contributed by atoms with Crippen LogP contribution in [0.15, 0.2) is 23.1 Å². The number of aromatic nitrogens is 2. The number of hydrogen-bond donors (Lipinski definition) is 1. The summed E-state index contributed by atoms with van der Waals surface area (Å²) in [6, 6.07) is 2.81. The Balaban J connectivity index is 1.50. The zero-order valence-electron chi connectivity index (χ0n) is 11.8. The molecule has 4 rings (SSSR count). The predicted octanol–water partition coefficient (Wildman–Crippen LogP) is 2.66. The van der Waals surface area contributed by atoms with Crippen LogP contribution >= 0.6 is 0 Å². The highest BCUT2D eigenvalue weighted by Gasteiger charge is 2.21. The van der Waals surface area contributed by atoms with Gasteiger partial charge >= 0.3 is 0 Å². The molecule has 4 nitrogen and oxygen atoms in total. The molecule has 0 unspecified atom stereocenters. The minimum absolute atomic E-state index is 0.717. The normalized spacial score (nSPS) is 18.2. The second-order valence-corrected chi connectivity index (χ2v) is 6.00. The van der Waals surface area contributed by atoms with Crippen LogP contribution in [0.25, 0.3) is 0 Å². The van der Waals surface area contributed by atoms with Crippen LogP contribution in [-0.2, 0) is 25.9 Å². The van der Waals surface area contributed by atoms with E-state index in [1.807, 2.05) is 12.6 Å². The smallest absolute Gasteiger partial charge is 0.122 e. The fraction of sp³-hybridized carbons (Fsp3) is 0.562. The third-order valence-corrected chi connectivity index (χ3v) is 4.42. The zero-order valence-corrected chi connectivity index (χ0v) is 11.8. The second kappa shape index (κ2) is 5.09. The van der Waals surface area contributed by atoms with E-state index in [9.17, 15) is 0 Å². The lowest BCUT2D eigenvalue weighted by Crippen LogP contribution is -2.16. The van der Waals surface area contributed by atoms with Gasteiger partial charge in [0, 0.05) is 17.3 Å². The summed E-state index contributed by atoms with van der Waals surface area (Å²) in [4.78, 5) is 4.57. The van der Waals surface area contributed by atoms with Gasteiger partial charge in [-0.25, -0.2) is 4.98 Å². The summed E-state index contributed by atoms with van der Waals surface area (Å²) in [7, 11) is 0. The largest absolute Gasteiger partial charge is 0.468 e. The Morgan fingerprint density at radius 2 is 2.20 bits per heavy atom. The van der Waals surface area contributed by atoms with Crippen molar-refractivity contribution in [2.75, 3.05) is 0 Å². The van der Waals surface area contributed by atoms with Crippen LogP contribution in [0.1, 0.15) is 48.4 Å². The van der Waals surface area contributed by atoms with Crippen molar-refractivity contribution in [1.82, 2.24) is 14.9 Å². The highest BCUT2D eigenvalue weighted by molar-refractivity contribution is 5.22. The summed E-state index contributed by atoms with van der Waals surface area (Å²) in [6.45, 7) is 1.74. The maximum atomic E-state index is 5.64. The van der Waals surface area contributed by atoms with Gasteiger partial charge in [0.15, 0.2) is 0 Å². The number of rotatable bonds is 5. The van der Waals surface area contributed by atoms with E-state index in [0.29, 0.717) is 6.04 Å². The molecule has 1 fully saturated rings. The average Bonchev–Trinajstić information content (AvgIpc) is 3.07. The lowest BCUT2D eigenvalue weighted by molar-refractivity contribution is 0.475. The molecule has 2 aromatic heterocycles. The van der Waals surface area contributed by atoms with Crippen molar-refractivity contribution in [3.05, 3.63) is 41.4 Å². The first-order valence-electron chi connectivity index (χ1n) is 7.71. The Morgan fingerprint density at radius 1 is 1.30 bits per heavy atom. The van der Waals surface area contributed by atoms with Crippen LogP contribution < -0.4 is 5.32 Å². The molecule has 2 heterocycles. The molecule has 2 aliphatic rings. The molecule has 1 saturated carbocycles. The summed E-state index contributed by atoms with van der Waals surface area (Å²) < 4.78 is 7.94. The Labute approximate surface area is 119 Å². The summed E-state index contributed by atoms with van der Waals surface area (Å²) in [5.41, 5.74) is 4.01. The molecule has 0 atom stereocenters. The van der Waals surface area contributed by atoms with Gasteiger partial charge in [-0.2, -0.15) is 0 Å². The highest BCUT2D eigenvalue weighted by Crippen LogP contribution is 2.23. The third kappa shape index (κ3) is 2.40. The van der Waals surface area contributed by atoms with Crippen molar-refractivity contribution in [3.8, 4) is 0 Å². The SMILES string of the molecule is c1cc(Cn2cnc3c2CCCC3)c(CNC2CC2)o1. The minimum Gasteiger partial charge on any atom is -0.468 e. The summed E-state index contributed by atoms with van der Waals surface area (Å²) in [6.07, 6.45) is 11.3. The van der Waals surface area contributed by atoms with E-state index in [0.717, 1.165) is 25.3 Å². The number of imidazole rings is 1. The van der Waals surface area contributed by atoms with E-state index in [1.54, 1.807) is 0 Å². The highest BCUT2D eigenvalue weighted by atomic mass is 16.3. The second-order valence-electron chi connectivity index (χ2n) is 6.00. The van der Waals surface area contributed by atoms with E-state index in [1.165, 1.54) is 49.1 Å². The summed E-state index contributed by atoms with van der Waals surface area (Å²) >= 11 is 0. The number of hydrogen-bond acceptors (Lipinski definition) is 3. The van der Waals surface area contributed by atoms with Crippen LogP contribution in [0.3, 0.4) is 0 Å². The van der Waals surface area contributed by atoms with Crippen molar-refractivity contribution in [1.29, 1.82) is 0 Å². The molecule has 0 spiro atoms. The van der Waals surface area contributed by atoms with Gasteiger partial charge in [-0.15, -0.1) is 0 Å². The Morgan fingerprint density at radius 3 is 3.10 bits per heavy atom. The van der Waals surface area contributed by atoms with Gasteiger partial charge in [-0.1, -0.05) is 0 Å². The molecular weight excluding hydrogens is 250 g/mol. The predicted molar refractivity (Wildman–Crippen MR) is 76.5 cm³/mol. The molecule has 0 bridgehead atoms. The maximum Gasteiger partial charge on any atom is 0.122 e. The molecule has 4 heteroatoms. The van der Waals surface area contributed by atoms with Gasteiger partial charge in [-0.3, -0.25) is 0 Å². The molecule has 0 saturated heterocycles. The van der Waals surface area contributed by atoms with E-state index in [4.69, 9.17) is 4.42 Å². The van der Waals surface area contributed by atoms with Crippen LogP contribution in [0.5, 0.6) is 0 Å². The van der Waals surface area contributed by atoms with Crippen molar-refractivity contribution < 1.29 is 4.42 Å². The van der Waals surface area contributed by atoms with Gasteiger partial charge in [-0.05, 0) is 44.6 Å². The Kier molecular flexibility index (Phi) is 3.11. The molecule has 0 amide bonds. The van der Waals surface area contributed by atoms with E-state index in [2.05, 4.69) is 20.9 Å². The topological polar surface area (TPSA) is 43.0 Å². The first kappa shape index (κ1) is 12.2. The van der Waals surface area contributed by atoms with Crippen LogP contribution in [0.2, 0.25) is 0 Å². The van der Waals surface area contributed by atoms with E-state index in [-0.39, 0.29) is 0 Å². The lowest BCUT2D eigenvalue weighted by atomic mass is 10.0. The summed E-state index contributed by atoms with van der Waals surface area (Å²) in [5.74, 6) is 1.08. The van der Waals surface area contributed by atoms with Gasteiger partial charge in [0.2, 0.25) is 0 Å². The monoisotopic (exact) mass is 271 g/mol. The number of furan rings is 1. The first-order chi connectivity index (χ1) is 9.90. The van der Waals surface area contributed by atoms with Crippen molar-refractivity contribution in [3.63, 3.8) is 0 Å². The first-order valence-corrected chi connectivity index (χ1v) is 7.71. The number of nitrogens with zero attached hydrogens (tertiary/aromatic N) is 2. The van der Waals surface area contributed by atoms with Gasteiger partial charge in [0.1, 0.15) is 5.76 Å². The fourth-order valence-electron chi connectivity index (χ4n) is 3.04. The minimum atomic E-state index is 0.717. The molecule has 0 radical (unpaired) electrons. The Bertz CT molecular complexity index is 595. The fourth-order valence-corrected chi connectivity index (χ4v) is 3.04. The third-order valence-electron chi connectivity index (χ3n) is 4.42.